The van der Waals surface area contributed by atoms with E-state index in [0.29, 0.717) is 24.2 Å². The van der Waals surface area contributed by atoms with Gasteiger partial charge in [-0.15, -0.1) is 11.6 Å². The molecule has 4 bridgehead atoms. The Kier molecular flexibility index (Phi) is 3.18. The van der Waals surface area contributed by atoms with Gasteiger partial charge in [-0.1, -0.05) is 12.1 Å². The third-order valence-corrected chi connectivity index (χ3v) is 5.90. The lowest BCUT2D eigenvalue weighted by molar-refractivity contribution is 0.0792. The second kappa shape index (κ2) is 4.95. The third kappa shape index (κ3) is 2.55. The van der Waals surface area contributed by atoms with Gasteiger partial charge in [0.15, 0.2) is 0 Å². The van der Waals surface area contributed by atoms with Gasteiger partial charge < -0.3 is 9.84 Å². The Morgan fingerprint density at radius 2 is 2.00 bits per heavy atom. The number of hydrogen-bond donors (Lipinski definition) is 1. The lowest BCUT2D eigenvalue weighted by atomic mass is 9.54. The van der Waals surface area contributed by atoms with E-state index in [-0.39, 0.29) is 4.87 Å². The number of phenols is 1. The van der Waals surface area contributed by atoms with E-state index < -0.39 is 0 Å². The SMILES string of the molecule is Oc1cccc(COC=C2C3CC4CC2CC(Cl)(C4)C3)c1. The molecule has 0 saturated heterocycles. The molecule has 112 valence electrons. The van der Waals surface area contributed by atoms with Gasteiger partial charge in [-0.25, -0.2) is 0 Å². The van der Waals surface area contributed by atoms with E-state index in [1.807, 2.05) is 18.4 Å². The first-order valence-electron chi connectivity index (χ1n) is 7.90. The summed E-state index contributed by atoms with van der Waals surface area (Å²) in [7, 11) is 0. The number of ether oxygens (including phenoxy) is 1. The van der Waals surface area contributed by atoms with Crippen LogP contribution in [0.25, 0.3) is 0 Å². The summed E-state index contributed by atoms with van der Waals surface area (Å²) in [5.74, 6) is 2.40. The molecule has 5 rings (SSSR count). The van der Waals surface area contributed by atoms with Crippen LogP contribution >= 0.6 is 11.6 Å². The molecule has 1 aromatic carbocycles. The molecule has 0 radical (unpaired) electrons. The molecule has 4 saturated carbocycles. The Morgan fingerprint density at radius 1 is 1.24 bits per heavy atom. The van der Waals surface area contributed by atoms with E-state index in [2.05, 4.69) is 0 Å². The highest BCUT2D eigenvalue weighted by molar-refractivity contribution is 6.24. The van der Waals surface area contributed by atoms with Crippen LogP contribution in [0.4, 0.5) is 0 Å². The number of halogens is 1. The zero-order chi connectivity index (χ0) is 14.4. The Labute approximate surface area is 130 Å². The van der Waals surface area contributed by atoms with Crippen molar-refractivity contribution in [2.24, 2.45) is 17.8 Å². The maximum Gasteiger partial charge on any atom is 0.115 e. The van der Waals surface area contributed by atoms with Crippen LogP contribution in [-0.4, -0.2) is 9.98 Å². The lowest BCUT2D eigenvalue weighted by Crippen LogP contribution is -2.48. The summed E-state index contributed by atoms with van der Waals surface area (Å²) in [6.45, 7) is 0.521. The molecule has 4 aliphatic carbocycles. The first-order chi connectivity index (χ1) is 10.1. The molecule has 2 nitrogen and oxygen atoms in total. The van der Waals surface area contributed by atoms with Crippen LogP contribution in [0.5, 0.6) is 5.75 Å². The Bertz CT molecular complexity index is 562. The van der Waals surface area contributed by atoms with Crippen molar-refractivity contribution in [2.45, 2.75) is 43.6 Å². The number of hydrogen-bond acceptors (Lipinski definition) is 2. The Balaban J connectivity index is 1.45. The third-order valence-electron chi connectivity index (χ3n) is 5.44. The van der Waals surface area contributed by atoms with Gasteiger partial charge in [-0.2, -0.15) is 0 Å². The molecule has 0 aromatic heterocycles. The Hall–Kier alpha value is -1.15. The van der Waals surface area contributed by atoms with Crippen LogP contribution in [-0.2, 0) is 11.3 Å². The van der Waals surface area contributed by atoms with E-state index in [0.717, 1.165) is 24.3 Å². The first-order valence-corrected chi connectivity index (χ1v) is 8.27. The highest BCUT2D eigenvalue weighted by Gasteiger charge is 2.52. The summed E-state index contributed by atoms with van der Waals surface area (Å²) in [5, 5.41) is 9.47. The van der Waals surface area contributed by atoms with Crippen molar-refractivity contribution in [3.63, 3.8) is 0 Å². The molecule has 0 amide bonds. The molecule has 1 N–H and O–H groups in total. The minimum Gasteiger partial charge on any atom is -0.508 e. The van der Waals surface area contributed by atoms with Gasteiger partial charge in [-0.05, 0) is 73.1 Å². The largest absolute Gasteiger partial charge is 0.508 e. The van der Waals surface area contributed by atoms with Crippen LogP contribution in [0, 0.1) is 17.8 Å². The summed E-state index contributed by atoms with van der Waals surface area (Å²) in [5.41, 5.74) is 2.49. The number of aromatic hydroxyl groups is 1. The van der Waals surface area contributed by atoms with Crippen LogP contribution < -0.4 is 0 Å². The number of benzene rings is 1. The first kappa shape index (κ1) is 13.5. The highest BCUT2D eigenvalue weighted by atomic mass is 35.5. The van der Waals surface area contributed by atoms with Crippen molar-refractivity contribution in [2.75, 3.05) is 0 Å². The van der Waals surface area contributed by atoms with Crippen LogP contribution in [0.3, 0.4) is 0 Å². The van der Waals surface area contributed by atoms with Crippen molar-refractivity contribution >= 4 is 11.6 Å². The van der Waals surface area contributed by atoms with Crippen molar-refractivity contribution < 1.29 is 9.84 Å². The maximum atomic E-state index is 9.47. The average Bonchev–Trinajstić information content (AvgIpc) is 2.40. The topological polar surface area (TPSA) is 29.5 Å². The number of allylic oxidation sites excluding steroid dienone is 1. The molecule has 1 aromatic rings. The smallest absolute Gasteiger partial charge is 0.115 e. The quantitative estimate of drug-likeness (QED) is 0.652. The van der Waals surface area contributed by atoms with Gasteiger partial charge in [0.1, 0.15) is 12.4 Å². The average molecular weight is 305 g/mol. The van der Waals surface area contributed by atoms with E-state index in [1.54, 1.807) is 12.1 Å². The van der Waals surface area contributed by atoms with Crippen molar-refractivity contribution in [1.82, 2.24) is 0 Å². The van der Waals surface area contributed by atoms with E-state index in [4.69, 9.17) is 16.3 Å². The fourth-order valence-corrected chi connectivity index (χ4v) is 5.39. The number of rotatable bonds is 3. The molecular weight excluding hydrogens is 284 g/mol. The normalized spacial score (nSPS) is 36.8. The van der Waals surface area contributed by atoms with Gasteiger partial charge in [0.25, 0.3) is 0 Å². The predicted octanol–water partition coefficient (Wildman–Crippen LogP) is 4.61. The molecule has 4 aliphatic rings. The van der Waals surface area contributed by atoms with E-state index in [9.17, 15) is 5.11 Å². The van der Waals surface area contributed by atoms with Gasteiger partial charge in [0, 0.05) is 4.87 Å². The second-order valence-electron chi connectivity index (χ2n) is 7.09. The maximum absolute atomic E-state index is 9.47. The Morgan fingerprint density at radius 3 is 2.67 bits per heavy atom. The van der Waals surface area contributed by atoms with Gasteiger partial charge in [0.2, 0.25) is 0 Å². The van der Waals surface area contributed by atoms with Crippen molar-refractivity contribution in [3.8, 4) is 5.75 Å². The monoisotopic (exact) mass is 304 g/mol. The molecule has 4 fully saturated rings. The molecule has 2 unspecified atom stereocenters. The number of alkyl halides is 1. The summed E-state index contributed by atoms with van der Waals surface area (Å²) < 4.78 is 5.82. The highest BCUT2D eigenvalue weighted by Crippen LogP contribution is 2.60. The molecule has 0 heterocycles. The van der Waals surface area contributed by atoms with Crippen LogP contribution in [0.1, 0.15) is 37.7 Å². The summed E-state index contributed by atoms with van der Waals surface area (Å²) >= 11 is 6.75. The van der Waals surface area contributed by atoms with Gasteiger partial charge in [-0.3, -0.25) is 0 Å². The van der Waals surface area contributed by atoms with E-state index >= 15 is 0 Å². The van der Waals surface area contributed by atoms with Crippen molar-refractivity contribution in [3.05, 3.63) is 41.7 Å². The molecule has 3 heteroatoms. The van der Waals surface area contributed by atoms with Gasteiger partial charge in [0.05, 0.1) is 6.26 Å². The standard InChI is InChI=1S/C18H21ClO2/c19-18-7-13-4-14(8-18)17(15(5-13)9-18)11-21-10-12-2-1-3-16(20)6-12/h1-3,6,11,13-15,20H,4-5,7-10H2. The zero-order valence-corrected chi connectivity index (χ0v) is 12.9. The summed E-state index contributed by atoms with van der Waals surface area (Å²) in [6, 6.07) is 7.26. The molecule has 2 atom stereocenters. The van der Waals surface area contributed by atoms with Crippen molar-refractivity contribution in [1.29, 1.82) is 0 Å². The van der Waals surface area contributed by atoms with Gasteiger partial charge >= 0.3 is 0 Å². The fraction of sp³-hybridized carbons (Fsp3) is 0.556. The fourth-order valence-electron chi connectivity index (χ4n) is 4.80. The minimum atomic E-state index is 0.0824. The second-order valence-corrected chi connectivity index (χ2v) is 7.90. The van der Waals surface area contributed by atoms with Crippen LogP contribution in [0.2, 0.25) is 0 Å². The predicted molar refractivity (Wildman–Crippen MR) is 83.1 cm³/mol. The van der Waals surface area contributed by atoms with E-state index in [1.165, 1.54) is 24.8 Å². The summed E-state index contributed by atoms with van der Waals surface area (Å²) in [6.07, 6.45) is 8.07. The lowest BCUT2D eigenvalue weighted by Gasteiger charge is -2.55. The molecular formula is C18H21ClO2. The molecule has 0 aliphatic heterocycles. The zero-order valence-electron chi connectivity index (χ0n) is 12.1. The van der Waals surface area contributed by atoms with Crippen LogP contribution in [0.15, 0.2) is 36.1 Å². The molecule has 21 heavy (non-hydrogen) atoms. The molecule has 0 spiro atoms. The summed E-state index contributed by atoms with van der Waals surface area (Å²) in [4.78, 5) is 0.0824. The minimum absolute atomic E-state index is 0.0824. The number of phenolic OH excluding ortho intramolecular Hbond substituents is 1.